The van der Waals surface area contributed by atoms with Crippen molar-refractivity contribution in [3.05, 3.63) is 23.8 Å². The van der Waals surface area contributed by atoms with Crippen molar-refractivity contribution < 1.29 is 29.3 Å². The quantitative estimate of drug-likeness (QED) is 0.608. The number of aliphatic carboxylic acids is 1. The average Bonchev–Trinajstić information content (AvgIpc) is 2.30. The number of carboxylic acid groups (broad SMARTS) is 1. The summed E-state index contributed by atoms with van der Waals surface area (Å²) in [5, 5.41) is 17.6. The van der Waals surface area contributed by atoms with Gasteiger partial charge in [-0.25, -0.2) is 4.79 Å². The molecule has 0 heterocycles. The molecule has 0 aliphatic rings. The summed E-state index contributed by atoms with van der Waals surface area (Å²) >= 11 is 0. The van der Waals surface area contributed by atoms with Crippen molar-refractivity contribution in [2.24, 2.45) is 5.73 Å². The van der Waals surface area contributed by atoms with Crippen LogP contribution in [0.1, 0.15) is 16.8 Å². The summed E-state index contributed by atoms with van der Waals surface area (Å²) in [6.45, 7) is -0.145. The Bertz CT molecular complexity index is 496. The third kappa shape index (κ3) is 3.48. The van der Waals surface area contributed by atoms with Crippen molar-refractivity contribution in [1.29, 1.82) is 0 Å². The third-order valence-corrected chi connectivity index (χ3v) is 2.07. The summed E-state index contributed by atoms with van der Waals surface area (Å²) in [5.74, 6) is -3.39. The van der Waals surface area contributed by atoms with E-state index in [-0.39, 0.29) is 30.1 Å². The molecule has 0 saturated carbocycles. The number of carbonyl (C=O) groups excluding carboxylic acids is 2. The van der Waals surface area contributed by atoms with E-state index < -0.39 is 17.7 Å². The third-order valence-electron chi connectivity index (χ3n) is 2.07. The molecular formula is C11H11NO6. The lowest BCUT2D eigenvalue weighted by molar-refractivity contribution is -0.149. The van der Waals surface area contributed by atoms with Gasteiger partial charge in [0.15, 0.2) is 0 Å². The second-order valence-electron chi connectivity index (χ2n) is 3.37. The number of ketones is 1. The second kappa shape index (κ2) is 5.67. The largest absolute Gasteiger partial charge is 0.507 e. The first-order chi connectivity index (χ1) is 8.41. The lowest BCUT2D eigenvalue weighted by Crippen LogP contribution is -2.16. The molecule has 0 radical (unpaired) electrons. The van der Waals surface area contributed by atoms with Gasteiger partial charge in [0, 0.05) is 0 Å². The van der Waals surface area contributed by atoms with Crippen molar-refractivity contribution in [3.8, 4) is 11.5 Å². The molecule has 1 aromatic carbocycles. The smallest absolute Gasteiger partial charge is 0.372 e. The maximum atomic E-state index is 10.9. The summed E-state index contributed by atoms with van der Waals surface area (Å²) in [6, 6.07) is 3.80. The lowest BCUT2D eigenvalue weighted by Gasteiger charge is -2.07. The number of amides is 1. The predicted molar refractivity (Wildman–Crippen MR) is 59.4 cm³/mol. The van der Waals surface area contributed by atoms with E-state index in [0.29, 0.717) is 0 Å². The van der Waals surface area contributed by atoms with Crippen molar-refractivity contribution >= 4 is 17.7 Å². The van der Waals surface area contributed by atoms with Gasteiger partial charge in [0.2, 0.25) is 5.78 Å². The molecule has 7 nitrogen and oxygen atoms in total. The fraction of sp³-hybridized carbons (Fsp3) is 0.182. The first kappa shape index (κ1) is 13.5. The first-order valence-corrected chi connectivity index (χ1v) is 4.93. The fourth-order valence-corrected chi connectivity index (χ4v) is 1.17. The van der Waals surface area contributed by atoms with Crippen LogP contribution in [0.3, 0.4) is 0 Å². The van der Waals surface area contributed by atoms with Gasteiger partial charge >= 0.3 is 5.97 Å². The fourth-order valence-electron chi connectivity index (χ4n) is 1.17. The number of ether oxygens (including phenoxy) is 1. The molecule has 0 fully saturated rings. The number of rotatable bonds is 6. The van der Waals surface area contributed by atoms with Crippen LogP contribution in [-0.2, 0) is 9.59 Å². The van der Waals surface area contributed by atoms with Crippen LogP contribution in [-0.4, -0.2) is 34.5 Å². The van der Waals surface area contributed by atoms with Crippen LogP contribution in [0, 0.1) is 0 Å². The standard InChI is InChI=1S/C11H11NO6/c12-10(15)7-5-6(1-2-8(7)13)18-4-3-9(14)11(16)17/h1-2,5,13H,3-4H2,(H2,12,15)(H,16,17). The van der Waals surface area contributed by atoms with Crippen LogP contribution in [0.5, 0.6) is 11.5 Å². The van der Waals surface area contributed by atoms with Crippen LogP contribution in [0.15, 0.2) is 18.2 Å². The number of Topliss-reactive ketones (excluding diaryl/α,β-unsaturated/α-hetero) is 1. The SMILES string of the molecule is NC(=O)c1cc(OCCC(=O)C(=O)O)ccc1O. The van der Waals surface area contributed by atoms with Gasteiger partial charge in [0.05, 0.1) is 18.6 Å². The van der Waals surface area contributed by atoms with E-state index >= 15 is 0 Å². The van der Waals surface area contributed by atoms with E-state index in [1.807, 2.05) is 0 Å². The molecule has 0 bridgehead atoms. The van der Waals surface area contributed by atoms with Crippen molar-refractivity contribution in [1.82, 2.24) is 0 Å². The van der Waals surface area contributed by atoms with Gasteiger partial charge in [-0.15, -0.1) is 0 Å². The number of benzene rings is 1. The molecule has 0 aromatic heterocycles. The molecule has 7 heteroatoms. The molecule has 0 unspecified atom stereocenters. The molecule has 0 atom stereocenters. The van der Waals surface area contributed by atoms with Gasteiger partial charge in [0.25, 0.3) is 5.91 Å². The molecule has 18 heavy (non-hydrogen) atoms. The van der Waals surface area contributed by atoms with E-state index in [1.165, 1.54) is 18.2 Å². The summed E-state index contributed by atoms with van der Waals surface area (Å²) in [6.07, 6.45) is -0.290. The minimum atomic E-state index is -1.53. The second-order valence-corrected chi connectivity index (χ2v) is 3.37. The Morgan fingerprint density at radius 1 is 1.28 bits per heavy atom. The highest BCUT2D eigenvalue weighted by atomic mass is 16.5. The molecule has 96 valence electrons. The number of carboxylic acids is 1. The van der Waals surface area contributed by atoms with E-state index in [9.17, 15) is 19.5 Å². The Labute approximate surface area is 102 Å². The number of hydrogen-bond acceptors (Lipinski definition) is 5. The molecule has 0 saturated heterocycles. The molecule has 1 amide bonds. The number of nitrogens with two attached hydrogens (primary N) is 1. The molecule has 0 spiro atoms. The van der Waals surface area contributed by atoms with E-state index in [2.05, 4.69) is 0 Å². The zero-order valence-corrected chi connectivity index (χ0v) is 9.25. The van der Waals surface area contributed by atoms with Crippen LogP contribution in [0.4, 0.5) is 0 Å². The Kier molecular flexibility index (Phi) is 4.25. The maximum absolute atomic E-state index is 10.9. The summed E-state index contributed by atoms with van der Waals surface area (Å²) < 4.78 is 5.07. The van der Waals surface area contributed by atoms with Gasteiger partial charge in [-0.2, -0.15) is 0 Å². The first-order valence-electron chi connectivity index (χ1n) is 4.93. The minimum absolute atomic E-state index is 0.114. The highest BCUT2D eigenvalue weighted by Crippen LogP contribution is 2.22. The summed E-state index contributed by atoms with van der Waals surface area (Å²) in [5.41, 5.74) is 4.90. The summed E-state index contributed by atoms with van der Waals surface area (Å²) in [4.78, 5) is 31.9. The van der Waals surface area contributed by atoms with Crippen molar-refractivity contribution in [2.75, 3.05) is 6.61 Å². The molecule has 0 aliphatic heterocycles. The van der Waals surface area contributed by atoms with Gasteiger partial charge in [-0.1, -0.05) is 0 Å². The Morgan fingerprint density at radius 2 is 1.94 bits per heavy atom. The summed E-state index contributed by atoms with van der Waals surface area (Å²) in [7, 11) is 0. The highest BCUT2D eigenvalue weighted by Gasteiger charge is 2.12. The Hall–Kier alpha value is -2.57. The van der Waals surface area contributed by atoms with Crippen molar-refractivity contribution in [3.63, 3.8) is 0 Å². The van der Waals surface area contributed by atoms with Crippen LogP contribution in [0.2, 0.25) is 0 Å². The van der Waals surface area contributed by atoms with Crippen LogP contribution >= 0.6 is 0 Å². The number of phenols is 1. The topological polar surface area (TPSA) is 127 Å². The number of aromatic hydroxyl groups is 1. The Morgan fingerprint density at radius 3 is 2.50 bits per heavy atom. The van der Waals surface area contributed by atoms with Gasteiger partial charge in [-0.05, 0) is 18.2 Å². The minimum Gasteiger partial charge on any atom is -0.507 e. The van der Waals surface area contributed by atoms with E-state index in [0.717, 1.165) is 0 Å². The van der Waals surface area contributed by atoms with Crippen LogP contribution in [0.25, 0.3) is 0 Å². The predicted octanol–water partition coefficient (Wildman–Crippen LogP) is -0.0863. The van der Waals surface area contributed by atoms with Gasteiger partial charge < -0.3 is 20.7 Å². The zero-order chi connectivity index (χ0) is 13.7. The zero-order valence-electron chi connectivity index (χ0n) is 9.25. The lowest BCUT2D eigenvalue weighted by atomic mass is 10.2. The molecule has 1 rings (SSSR count). The highest BCUT2D eigenvalue weighted by molar-refractivity contribution is 6.32. The average molecular weight is 253 g/mol. The van der Waals surface area contributed by atoms with Crippen LogP contribution < -0.4 is 10.5 Å². The van der Waals surface area contributed by atoms with E-state index in [4.69, 9.17) is 15.6 Å². The van der Waals surface area contributed by atoms with Crippen molar-refractivity contribution in [2.45, 2.75) is 6.42 Å². The van der Waals surface area contributed by atoms with E-state index in [1.54, 1.807) is 0 Å². The number of carbonyl (C=O) groups is 3. The number of primary amides is 1. The molecule has 4 N–H and O–H groups in total. The van der Waals surface area contributed by atoms with Gasteiger partial charge in [0.1, 0.15) is 11.5 Å². The molecule has 1 aromatic rings. The normalized spacial score (nSPS) is 9.78. The van der Waals surface area contributed by atoms with Gasteiger partial charge in [-0.3, -0.25) is 9.59 Å². The molecular weight excluding hydrogens is 242 g/mol. The monoisotopic (exact) mass is 253 g/mol. The number of hydrogen-bond donors (Lipinski definition) is 3. The molecule has 0 aliphatic carbocycles. The Balaban J connectivity index is 2.63. The maximum Gasteiger partial charge on any atom is 0.372 e.